The lowest BCUT2D eigenvalue weighted by Crippen LogP contribution is -2.41. The molecule has 7 heteroatoms. The molecule has 0 saturated carbocycles. The van der Waals surface area contributed by atoms with Crippen LogP contribution >= 0.6 is 0 Å². The van der Waals surface area contributed by atoms with Gasteiger partial charge in [-0.3, -0.25) is 0 Å². The lowest BCUT2D eigenvalue weighted by Gasteiger charge is -2.32. The van der Waals surface area contributed by atoms with Crippen molar-refractivity contribution in [3.05, 3.63) is 23.4 Å². The second kappa shape index (κ2) is 6.65. The van der Waals surface area contributed by atoms with Gasteiger partial charge in [-0.1, -0.05) is 0 Å². The van der Waals surface area contributed by atoms with Crippen LogP contribution in [0.15, 0.2) is 17.9 Å². The third-order valence-electron chi connectivity index (χ3n) is 4.51. The first-order valence-electron chi connectivity index (χ1n) is 7.68. The molecule has 1 aliphatic heterocycles. The second-order valence-electron chi connectivity index (χ2n) is 6.56. The smallest absolute Gasteiger partial charge is 0.496 e. The molecule has 0 atom stereocenters. The molecule has 1 aliphatic rings. The Bertz CT molecular complexity index is 601. The van der Waals surface area contributed by atoms with E-state index in [-0.39, 0.29) is 0 Å². The first kappa shape index (κ1) is 18.6. The number of benzene rings is 1. The Morgan fingerprint density at radius 3 is 1.79 bits per heavy atom. The fourth-order valence-electron chi connectivity index (χ4n) is 2.34. The molecule has 2 rings (SSSR count). The standard InChI is InChI=1S/C17H24BFO5/c1-16(2)17(3,4)24-18(23-16)15(19)10-12-13(21-6)8-11(20-5)9-14(12)22-7/h8-10H,1-7H3. The molecule has 24 heavy (non-hydrogen) atoms. The average molecular weight is 338 g/mol. The van der Waals surface area contributed by atoms with Crippen LogP contribution in [0.3, 0.4) is 0 Å². The maximum atomic E-state index is 14.8. The van der Waals surface area contributed by atoms with Crippen LogP contribution in [0, 0.1) is 0 Å². The highest BCUT2D eigenvalue weighted by atomic mass is 19.1. The molecule has 0 aliphatic carbocycles. The summed E-state index contributed by atoms with van der Waals surface area (Å²) in [7, 11) is 3.46. The fraction of sp³-hybridized carbons (Fsp3) is 0.529. The van der Waals surface area contributed by atoms with Crippen LogP contribution in [0.1, 0.15) is 33.3 Å². The zero-order valence-corrected chi connectivity index (χ0v) is 15.2. The summed E-state index contributed by atoms with van der Waals surface area (Å²) >= 11 is 0. The summed E-state index contributed by atoms with van der Waals surface area (Å²) in [5.41, 5.74) is -1.34. The van der Waals surface area contributed by atoms with Gasteiger partial charge in [0.15, 0.2) is 0 Å². The van der Waals surface area contributed by atoms with Gasteiger partial charge in [-0.25, -0.2) is 4.39 Å². The maximum Gasteiger partial charge on any atom is 0.525 e. The summed E-state index contributed by atoms with van der Waals surface area (Å²) in [5, 5.41) is 0. The Labute approximate surface area is 142 Å². The maximum absolute atomic E-state index is 14.8. The predicted octanol–water partition coefficient (Wildman–Crippen LogP) is 3.65. The van der Waals surface area contributed by atoms with Crippen LogP contribution in [0.5, 0.6) is 17.2 Å². The highest BCUT2D eigenvalue weighted by molar-refractivity contribution is 6.54. The number of ether oxygens (including phenoxy) is 3. The van der Waals surface area contributed by atoms with Gasteiger partial charge in [-0.2, -0.15) is 0 Å². The Kier molecular flexibility index (Phi) is 5.15. The van der Waals surface area contributed by atoms with E-state index >= 15 is 0 Å². The fourth-order valence-corrected chi connectivity index (χ4v) is 2.34. The molecule has 5 nitrogen and oxygen atoms in total. The molecule has 1 aromatic carbocycles. The van der Waals surface area contributed by atoms with Crippen molar-refractivity contribution in [1.82, 2.24) is 0 Å². The molecule has 0 N–H and O–H groups in total. The minimum absolute atomic E-state index is 0.429. The van der Waals surface area contributed by atoms with Crippen molar-refractivity contribution in [2.45, 2.75) is 38.9 Å². The molecule has 0 bridgehead atoms. The van der Waals surface area contributed by atoms with E-state index in [1.54, 1.807) is 12.1 Å². The van der Waals surface area contributed by atoms with Crippen molar-refractivity contribution in [2.24, 2.45) is 0 Å². The number of hydrogen-bond acceptors (Lipinski definition) is 5. The summed E-state index contributed by atoms with van der Waals surface area (Å²) in [6.07, 6.45) is 1.30. The third kappa shape index (κ3) is 3.37. The zero-order chi connectivity index (χ0) is 18.1. The largest absolute Gasteiger partial charge is 0.525 e. The zero-order valence-electron chi connectivity index (χ0n) is 15.2. The van der Waals surface area contributed by atoms with Gasteiger partial charge in [0.1, 0.15) is 23.0 Å². The molecule has 1 heterocycles. The highest BCUT2D eigenvalue weighted by Gasteiger charge is 2.53. The third-order valence-corrected chi connectivity index (χ3v) is 4.51. The van der Waals surface area contributed by atoms with E-state index in [0.29, 0.717) is 22.8 Å². The first-order valence-corrected chi connectivity index (χ1v) is 7.68. The minimum atomic E-state index is -1.08. The van der Waals surface area contributed by atoms with Crippen LogP contribution in [0.25, 0.3) is 6.08 Å². The van der Waals surface area contributed by atoms with Crippen molar-refractivity contribution in [2.75, 3.05) is 21.3 Å². The van der Waals surface area contributed by atoms with Crippen LogP contribution in [0.4, 0.5) is 4.39 Å². The monoisotopic (exact) mass is 338 g/mol. The number of halogens is 1. The van der Waals surface area contributed by atoms with Crippen LogP contribution < -0.4 is 14.2 Å². The normalized spacial score (nSPS) is 19.3. The minimum Gasteiger partial charge on any atom is -0.496 e. The second-order valence-corrected chi connectivity index (χ2v) is 6.56. The van der Waals surface area contributed by atoms with E-state index in [4.69, 9.17) is 23.5 Å². The Morgan fingerprint density at radius 2 is 1.42 bits per heavy atom. The Balaban J connectivity index is 2.41. The lowest BCUT2D eigenvalue weighted by atomic mass is 9.86. The van der Waals surface area contributed by atoms with E-state index in [0.717, 1.165) is 0 Å². The van der Waals surface area contributed by atoms with Gasteiger partial charge in [-0.05, 0) is 33.8 Å². The van der Waals surface area contributed by atoms with Crippen molar-refractivity contribution in [3.63, 3.8) is 0 Å². The van der Waals surface area contributed by atoms with E-state index in [2.05, 4.69) is 0 Å². The van der Waals surface area contributed by atoms with E-state index in [1.807, 2.05) is 27.7 Å². The molecule has 1 fully saturated rings. The number of hydrogen-bond donors (Lipinski definition) is 0. The molecule has 0 radical (unpaired) electrons. The molecular weight excluding hydrogens is 314 g/mol. The van der Waals surface area contributed by atoms with Gasteiger partial charge in [0.25, 0.3) is 0 Å². The molecule has 1 saturated heterocycles. The molecule has 0 spiro atoms. The van der Waals surface area contributed by atoms with E-state index in [1.165, 1.54) is 27.4 Å². The van der Waals surface area contributed by atoms with Crippen molar-refractivity contribution < 1.29 is 27.9 Å². The van der Waals surface area contributed by atoms with Crippen LogP contribution in [-0.2, 0) is 9.31 Å². The predicted molar refractivity (Wildman–Crippen MR) is 91.3 cm³/mol. The molecule has 0 aromatic heterocycles. The summed E-state index contributed by atoms with van der Waals surface area (Å²) in [4.78, 5) is 0. The average Bonchev–Trinajstić information content (AvgIpc) is 2.75. The van der Waals surface area contributed by atoms with Gasteiger partial charge < -0.3 is 23.5 Å². The lowest BCUT2D eigenvalue weighted by molar-refractivity contribution is 0.00578. The van der Waals surface area contributed by atoms with Gasteiger partial charge in [0.2, 0.25) is 0 Å². The Morgan fingerprint density at radius 1 is 0.958 bits per heavy atom. The molecular formula is C17H24BFO5. The highest BCUT2D eigenvalue weighted by Crippen LogP contribution is 2.41. The van der Waals surface area contributed by atoms with E-state index < -0.39 is 24.0 Å². The van der Waals surface area contributed by atoms with Gasteiger partial charge in [-0.15, -0.1) is 0 Å². The quantitative estimate of drug-likeness (QED) is 0.767. The molecule has 1 aromatic rings. The number of methoxy groups -OCH3 is 3. The van der Waals surface area contributed by atoms with Crippen LogP contribution in [0.2, 0.25) is 0 Å². The SMILES string of the molecule is COc1cc(OC)c(C=C(F)B2OC(C)(C)C(C)(C)O2)c(OC)c1. The summed E-state index contributed by atoms with van der Waals surface area (Å²) in [6.45, 7) is 7.48. The molecule has 0 unspecified atom stereocenters. The number of rotatable bonds is 5. The van der Waals surface area contributed by atoms with Gasteiger partial charge in [0, 0.05) is 12.1 Å². The Hall–Kier alpha value is -1.73. The molecule has 0 amide bonds. The summed E-state index contributed by atoms with van der Waals surface area (Å²) in [5.74, 6) is 1.41. The summed E-state index contributed by atoms with van der Waals surface area (Å²) in [6, 6.07) is 3.32. The van der Waals surface area contributed by atoms with Gasteiger partial charge >= 0.3 is 7.12 Å². The van der Waals surface area contributed by atoms with Crippen molar-refractivity contribution in [1.29, 1.82) is 0 Å². The van der Waals surface area contributed by atoms with Crippen molar-refractivity contribution in [3.8, 4) is 17.2 Å². The topological polar surface area (TPSA) is 46.2 Å². The van der Waals surface area contributed by atoms with Gasteiger partial charge in [0.05, 0.1) is 38.1 Å². The van der Waals surface area contributed by atoms with Crippen molar-refractivity contribution >= 4 is 13.2 Å². The molecule has 132 valence electrons. The first-order chi connectivity index (χ1) is 11.1. The summed E-state index contributed by atoms with van der Waals surface area (Å²) < 4.78 is 42.0. The van der Waals surface area contributed by atoms with Crippen LogP contribution in [-0.4, -0.2) is 39.6 Å². The van der Waals surface area contributed by atoms with E-state index in [9.17, 15) is 4.39 Å².